The lowest BCUT2D eigenvalue weighted by atomic mass is 10.2. The fourth-order valence-electron chi connectivity index (χ4n) is 1.47. The van der Waals surface area contributed by atoms with Crippen LogP contribution in [0.4, 0.5) is 5.82 Å². The van der Waals surface area contributed by atoms with Gasteiger partial charge in [-0.25, -0.2) is 9.97 Å². The Balaban J connectivity index is 2.27. The molecule has 0 amide bonds. The minimum absolute atomic E-state index is 0.826. The summed E-state index contributed by atoms with van der Waals surface area (Å²) in [6.07, 6.45) is 5.94. The molecule has 0 aliphatic heterocycles. The van der Waals surface area contributed by atoms with Crippen LogP contribution < -0.4 is 5.32 Å². The fourth-order valence-corrected chi connectivity index (χ4v) is 1.47. The predicted molar refractivity (Wildman–Crippen MR) is 65.6 cm³/mol. The number of hydrogen-bond acceptors (Lipinski definition) is 4. The number of aromatic nitrogens is 2. The lowest BCUT2D eigenvalue weighted by Crippen LogP contribution is -2.05. The Morgan fingerprint density at radius 2 is 2.19 bits per heavy atom. The lowest BCUT2D eigenvalue weighted by Gasteiger charge is -2.06. The van der Waals surface area contributed by atoms with Gasteiger partial charge < -0.3 is 10.1 Å². The molecule has 0 bridgehead atoms. The monoisotopic (exact) mass is 223 g/mol. The molecule has 0 unspecified atom stereocenters. The zero-order valence-electron chi connectivity index (χ0n) is 10.2. The number of nitrogens with one attached hydrogen (secondary N) is 1. The first-order valence-corrected chi connectivity index (χ1v) is 5.90. The number of nitrogens with zero attached hydrogens (tertiary/aromatic N) is 2. The number of hydrogen-bond donors (Lipinski definition) is 1. The van der Waals surface area contributed by atoms with Crippen LogP contribution in [-0.4, -0.2) is 30.2 Å². The van der Waals surface area contributed by atoms with E-state index in [1.165, 1.54) is 0 Å². The molecule has 0 spiro atoms. The average molecular weight is 223 g/mol. The van der Waals surface area contributed by atoms with Crippen LogP contribution in [0.1, 0.15) is 31.9 Å². The van der Waals surface area contributed by atoms with Crippen molar-refractivity contribution in [3.63, 3.8) is 0 Å². The number of anilines is 1. The third-order valence-electron chi connectivity index (χ3n) is 2.31. The normalized spacial score (nSPS) is 10.4. The van der Waals surface area contributed by atoms with Gasteiger partial charge >= 0.3 is 0 Å². The van der Waals surface area contributed by atoms with E-state index in [0.717, 1.165) is 50.3 Å². The van der Waals surface area contributed by atoms with Crippen LogP contribution >= 0.6 is 0 Å². The van der Waals surface area contributed by atoms with Crippen LogP contribution in [0, 0.1) is 0 Å². The second-order valence-electron chi connectivity index (χ2n) is 3.77. The third kappa shape index (κ3) is 5.07. The zero-order chi connectivity index (χ0) is 11.6. The maximum Gasteiger partial charge on any atom is 0.129 e. The van der Waals surface area contributed by atoms with E-state index in [2.05, 4.69) is 22.2 Å². The van der Waals surface area contributed by atoms with Crippen molar-refractivity contribution in [3.05, 3.63) is 18.1 Å². The van der Waals surface area contributed by atoms with E-state index < -0.39 is 0 Å². The van der Waals surface area contributed by atoms with Crippen molar-refractivity contribution >= 4 is 5.82 Å². The highest BCUT2D eigenvalue weighted by molar-refractivity contribution is 5.34. The van der Waals surface area contributed by atoms with Crippen molar-refractivity contribution in [3.8, 4) is 0 Å². The Kier molecular flexibility index (Phi) is 6.49. The topological polar surface area (TPSA) is 47.0 Å². The molecule has 0 saturated carbocycles. The highest BCUT2D eigenvalue weighted by Gasteiger charge is 1.97. The summed E-state index contributed by atoms with van der Waals surface area (Å²) in [6, 6.07) is 2.03. The first kappa shape index (κ1) is 12.9. The van der Waals surface area contributed by atoms with E-state index in [1.54, 1.807) is 13.4 Å². The smallest absolute Gasteiger partial charge is 0.129 e. The summed E-state index contributed by atoms with van der Waals surface area (Å²) in [7, 11) is 1.73. The second kappa shape index (κ2) is 8.05. The Morgan fingerprint density at radius 1 is 1.31 bits per heavy atom. The second-order valence-corrected chi connectivity index (χ2v) is 3.77. The minimum atomic E-state index is 0.826. The van der Waals surface area contributed by atoms with Gasteiger partial charge in [0.05, 0.1) is 0 Å². The number of ether oxygens (including phenoxy) is 1. The molecule has 4 heteroatoms. The summed E-state index contributed by atoms with van der Waals surface area (Å²) in [5, 5.41) is 3.30. The molecule has 1 rings (SSSR count). The lowest BCUT2D eigenvalue weighted by molar-refractivity contribution is 0.194. The molecule has 4 nitrogen and oxygen atoms in total. The number of rotatable bonds is 8. The van der Waals surface area contributed by atoms with Gasteiger partial charge in [0, 0.05) is 32.0 Å². The molecule has 0 fully saturated rings. The van der Waals surface area contributed by atoms with Crippen molar-refractivity contribution < 1.29 is 4.74 Å². The molecule has 0 aliphatic rings. The van der Waals surface area contributed by atoms with Gasteiger partial charge in [-0.1, -0.05) is 13.3 Å². The summed E-state index contributed by atoms with van der Waals surface area (Å²) in [5.41, 5.74) is 1.11. The summed E-state index contributed by atoms with van der Waals surface area (Å²) in [6.45, 7) is 3.92. The Bertz CT molecular complexity index is 291. The highest BCUT2D eigenvalue weighted by Crippen LogP contribution is 2.06. The summed E-state index contributed by atoms with van der Waals surface area (Å²) in [4.78, 5) is 8.40. The molecule has 0 radical (unpaired) electrons. The SMILES string of the molecule is CCCc1cc(NCCCCOC)ncn1. The van der Waals surface area contributed by atoms with Gasteiger partial charge in [0.15, 0.2) is 0 Å². The van der Waals surface area contributed by atoms with Gasteiger partial charge in [-0.15, -0.1) is 0 Å². The molecule has 0 atom stereocenters. The molecule has 16 heavy (non-hydrogen) atoms. The van der Waals surface area contributed by atoms with Crippen LogP contribution in [0.5, 0.6) is 0 Å². The average Bonchev–Trinajstić information content (AvgIpc) is 2.30. The summed E-state index contributed by atoms with van der Waals surface area (Å²) >= 11 is 0. The van der Waals surface area contributed by atoms with Crippen molar-refractivity contribution in [2.75, 3.05) is 25.6 Å². The van der Waals surface area contributed by atoms with Crippen molar-refractivity contribution in [2.45, 2.75) is 32.6 Å². The molecular weight excluding hydrogens is 202 g/mol. The van der Waals surface area contributed by atoms with Gasteiger partial charge in [-0.05, 0) is 19.3 Å². The first-order valence-electron chi connectivity index (χ1n) is 5.90. The largest absolute Gasteiger partial charge is 0.385 e. The molecule has 1 heterocycles. The van der Waals surface area contributed by atoms with E-state index in [0.29, 0.717) is 0 Å². The maximum atomic E-state index is 4.99. The van der Waals surface area contributed by atoms with Crippen molar-refractivity contribution in [2.24, 2.45) is 0 Å². The van der Waals surface area contributed by atoms with Crippen LogP contribution in [-0.2, 0) is 11.2 Å². The third-order valence-corrected chi connectivity index (χ3v) is 2.31. The van der Waals surface area contributed by atoms with E-state index >= 15 is 0 Å². The Hall–Kier alpha value is -1.16. The van der Waals surface area contributed by atoms with E-state index in [-0.39, 0.29) is 0 Å². The quantitative estimate of drug-likeness (QED) is 0.687. The highest BCUT2D eigenvalue weighted by atomic mass is 16.5. The van der Waals surface area contributed by atoms with Crippen molar-refractivity contribution in [1.82, 2.24) is 9.97 Å². The molecular formula is C12H21N3O. The first-order chi connectivity index (χ1) is 7.86. The molecule has 90 valence electrons. The standard InChI is InChI=1S/C12H21N3O/c1-3-6-11-9-12(15-10-14-11)13-7-4-5-8-16-2/h9-10H,3-8H2,1-2H3,(H,13,14,15). The maximum absolute atomic E-state index is 4.99. The van der Waals surface area contributed by atoms with Gasteiger partial charge in [-0.2, -0.15) is 0 Å². The van der Waals surface area contributed by atoms with Crippen molar-refractivity contribution in [1.29, 1.82) is 0 Å². The summed E-state index contributed by atoms with van der Waals surface area (Å²) < 4.78 is 4.99. The number of methoxy groups -OCH3 is 1. The predicted octanol–water partition coefficient (Wildman–Crippen LogP) is 2.27. The molecule has 1 aromatic heterocycles. The van der Waals surface area contributed by atoms with Crippen LogP contribution in [0.2, 0.25) is 0 Å². The molecule has 0 aliphatic carbocycles. The molecule has 0 saturated heterocycles. The molecule has 1 N–H and O–H groups in total. The number of unbranched alkanes of at least 4 members (excludes halogenated alkanes) is 1. The summed E-state index contributed by atoms with van der Waals surface area (Å²) in [5.74, 6) is 0.927. The molecule has 1 aromatic rings. The van der Waals surface area contributed by atoms with E-state index in [1.807, 2.05) is 6.07 Å². The fraction of sp³-hybridized carbons (Fsp3) is 0.667. The van der Waals surface area contributed by atoms with Crippen LogP contribution in [0.15, 0.2) is 12.4 Å². The number of aryl methyl sites for hydroxylation is 1. The van der Waals surface area contributed by atoms with Crippen LogP contribution in [0.25, 0.3) is 0 Å². The Labute approximate surface area is 97.5 Å². The minimum Gasteiger partial charge on any atom is -0.385 e. The van der Waals surface area contributed by atoms with Gasteiger partial charge in [0.25, 0.3) is 0 Å². The Morgan fingerprint density at radius 3 is 2.94 bits per heavy atom. The van der Waals surface area contributed by atoms with Gasteiger partial charge in [-0.3, -0.25) is 0 Å². The zero-order valence-corrected chi connectivity index (χ0v) is 10.2. The van der Waals surface area contributed by atoms with Crippen LogP contribution in [0.3, 0.4) is 0 Å². The van der Waals surface area contributed by atoms with Gasteiger partial charge in [0.1, 0.15) is 12.1 Å². The van der Waals surface area contributed by atoms with E-state index in [4.69, 9.17) is 4.74 Å². The van der Waals surface area contributed by atoms with Gasteiger partial charge in [0.2, 0.25) is 0 Å². The molecule has 0 aromatic carbocycles. The van der Waals surface area contributed by atoms with E-state index in [9.17, 15) is 0 Å².